The summed E-state index contributed by atoms with van der Waals surface area (Å²) in [6.45, 7) is 7.18. The number of rotatable bonds is 1. The summed E-state index contributed by atoms with van der Waals surface area (Å²) in [4.78, 5) is 12.6. The van der Waals surface area contributed by atoms with Crippen LogP contribution in [0.2, 0.25) is 0 Å². The third-order valence-electron chi connectivity index (χ3n) is 1.44. The van der Waals surface area contributed by atoms with Crippen LogP contribution in [0.15, 0.2) is 6.20 Å². The van der Waals surface area contributed by atoms with E-state index >= 15 is 0 Å². The maximum absolute atomic E-state index is 8.36. The highest BCUT2D eigenvalue weighted by atomic mass is 16.9. The average Bonchev–Trinajstić information content (AvgIpc) is 2.28. The minimum Gasteiger partial charge on any atom is -0.335 e. The summed E-state index contributed by atoms with van der Waals surface area (Å²) in [7, 11) is 0. The first-order chi connectivity index (χ1) is 5.97. The molecule has 0 aliphatic carbocycles. The van der Waals surface area contributed by atoms with Gasteiger partial charge in [0.1, 0.15) is 5.82 Å². The summed E-state index contributed by atoms with van der Waals surface area (Å²) in [5, 5.41) is 13.6. The smallest absolute Gasteiger partial charge is 0.291 e. The number of hydrogen-bond acceptors (Lipinski definition) is 3. The summed E-state index contributed by atoms with van der Waals surface area (Å²) >= 11 is 0. The fourth-order valence-corrected chi connectivity index (χ4v) is 0.987. The molecule has 0 aromatic carbocycles. The summed E-state index contributed by atoms with van der Waals surface area (Å²) < 4.78 is 2.13. The van der Waals surface area contributed by atoms with E-state index in [9.17, 15) is 0 Å². The highest BCUT2D eigenvalue weighted by Crippen LogP contribution is 1.98. The molecule has 0 unspecified atom stereocenters. The molecule has 0 saturated heterocycles. The molecule has 1 N–H and O–H groups in total. The molecule has 0 fully saturated rings. The van der Waals surface area contributed by atoms with E-state index < -0.39 is 5.09 Å². The zero-order valence-corrected chi connectivity index (χ0v) is 7.89. The quantitative estimate of drug-likeness (QED) is 0.528. The molecule has 6 heteroatoms. The Bertz CT molecular complexity index is 279. The van der Waals surface area contributed by atoms with E-state index in [1.807, 2.05) is 13.8 Å². The molecular formula is C7H13N3O3. The van der Waals surface area contributed by atoms with Gasteiger partial charge in [0, 0.05) is 12.7 Å². The van der Waals surface area contributed by atoms with Gasteiger partial charge in [-0.2, -0.15) is 0 Å². The second-order valence-electron chi connectivity index (χ2n) is 2.45. The third kappa shape index (κ3) is 4.78. The Morgan fingerprint density at radius 2 is 2.15 bits per heavy atom. The Morgan fingerprint density at radius 1 is 1.69 bits per heavy atom. The van der Waals surface area contributed by atoms with Gasteiger partial charge in [-0.3, -0.25) is 0 Å². The molecule has 1 heterocycles. The largest absolute Gasteiger partial charge is 0.335 e. The monoisotopic (exact) mass is 187 g/mol. The van der Waals surface area contributed by atoms with E-state index in [-0.39, 0.29) is 0 Å². The van der Waals surface area contributed by atoms with Crippen LogP contribution in [0.4, 0.5) is 0 Å². The van der Waals surface area contributed by atoms with E-state index in [4.69, 9.17) is 15.3 Å². The van der Waals surface area contributed by atoms with Crippen LogP contribution in [-0.2, 0) is 6.54 Å². The van der Waals surface area contributed by atoms with Crippen LogP contribution in [0.5, 0.6) is 0 Å². The normalized spacial score (nSPS) is 8.85. The molecule has 0 spiro atoms. The molecule has 6 nitrogen and oxygen atoms in total. The van der Waals surface area contributed by atoms with Crippen molar-refractivity contribution in [1.82, 2.24) is 9.55 Å². The van der Waals surface area contributed by atoms with E-state index in [1.54, 1.807) is 0 Å². The maximum Gasteiger partial charge on any atom is 0.291 e. The molecule has 0 aliphatic rings. The lowest BCUT2D eigenvalue weighted by molar-refractivity contribution is -0.742. The third-order valence-corrected chi connectivity index (χ3v) is 1.44. The van der Waals surface area contributed by atoms with Gasteiger partial charge < -0.3 is 9.77 Å². The van der Waals surface area contributed by atoms with Crippen molar-refractivity contribution in [2.75, 3.05) is 0 Å². The first kappa shape index (κ1) is 11.4. The fourth-order valence-electron chi connectivity index (χ4n) is 0.987. The van der Waals surface area contributed by atoms with Crippen LogP contribution < -0.4 is 0 Å². The van der Waals surface area contributed by atoms with Crippen LogP contribution in [0, 0.1) is 24.0 Å². The minimum atomic E-state index is -1.50. The van der Waals surface area contributed by atoms with Crippen molar-refractivity contribution in [2.24, 2.45) is 0 Å². The topological polar surface area (TPSA) is 81.2 Å². The lowest BCUT2D eigenvalue weighted by Crippen LogP contribution is -1.93. The second-order valence-corrected chi connectivity index (χ2v) is 2.45. The highest BCUT2D eigenvalue weighted by Gasteiger charge is 1.94. The van der Waals surface area contributed by atoms with E-state index in [0.717, 1.165) is 18.1 Å². The summed E-state index contributed by atoms with van der Waals surface area (Å²) in [6.07, 6.45) is 2.06. The van der Waals surface area contributed by atoms with E-state index in [1.165, 1.54) is 0 Å². The molecule has 0 atom stereocenters. The van der Waals surface area contributed by atoms with Gasteiger partial charge in [0.2, 0.25) is 0 Å². The second kappa shape index (κ2) is 5.13. The number of aromatic nitrogens is 2. The molecular weight excluding hydrogens is 174 g/mol. The summed E-state index contributed by atoms with van der Waals surface area (Å²) in [5.41, 5.74) is 1.11. The zero-order chi connectivity index (χ0) is 10.4. The van der Waals surface area contributed by atoms with Crippen molar-refractivity contribution >= 4 is 0 Å². The van der Waals surface area contributed by atoms with Crippen LogP contribution in [0.1, 0.15) is 18.4 Å². The molecule has 1 aromatic rings. The predicted molar refractivity (Wildman–Crippen MR) is 46.2 cm³/mol. The number of hydrogen-bond donors (Lipinski definition) is 1. The van der Waals surface area contributed by atoms with Crippen molar-refractivity contribution in [2.45, 2.75) is 27.3 Å². The van der Waals surface area contributed by atoms with Crippen LogP contribution in [0.25, 0.3) is 0 Å². The molecule has 74 valence electrons. The fraction of sp³-hybridized carbons (Fsp3) is 0.571. The lowest BCUT2D eigenvalue weighted by atomic mass is 10.6. The van der Waals surface area contributed by atoms with Gasteiger partial charge in [-0.15, -0.1) is 10.1 Å². The Hall–Kier alpha value is -1.59. The van der Waals surface area contributed by atoms with Crippen LogP contribution in [0.3, 0.4) is 0 Å². The Morgan fingerprint density at radius 3 is 2.31 bits per heavy atom. The molecule has 0 aliphatic heterocycles. The van der Waals surface area contributed by atoms with E-state index in [2.05, 4.69) is 22.7 Å². The minimum absolute atomic E-state index is 1.02. The molecule has 0 amide bonds. The van der Waals surface area contributed by atoms with Crippen molar-refractivity contribution in [3.8, 4) is 0 Å². The van der Waals surface area contributed by atoms with Gasteiger partial charge in [0.25, 0.3) is 5.09 Å². The van der Waals surface area contributed by atoms with Gasteiger partial charge in [-0.25, -0.2) is 4.98 Å². The lowest BCUT2D eigenvalue weighted by Gasteiger charge is -1.95. The highest BCUT2D eigenvalue weighted by molar-refractivity contribution is 4.99. The first-order valence-corrected chi connectivity index (χ1v) is 3.81. The molecule has 0 radical (unpaired) electrons. The molecule has 1 aromatic heterocycles. The van der Waals surface area contributed by atoms with Gasteiger partial charge in [0.15, 0.2) is 0 Å². The van der Waals surface area contributed by atoms with Gasteiger partial charge in [-0.05, 0) is 20.8 Å². The van der Waals surface area contributed by atoms with Gasteiger partial charge >= 0.3 is 0 Å². The zero-order valence-electron chi connectivity index (χ0n) is 7.89. The van der Waals surface area contributed by atoms with E-state index in [0.29, 0.717) is 0 Å². The first-order valence-electron chi connectivity index (χ1n) is 3.81. The number of imidazole rings is 1. The predicted octanol–water partition coefficient (Wildman–Crippen LogP) is 1.17. The van der Waals surface area contributed by atoms with Gasteiger partial charge in [-0.1, -0.05) is 0 Å². The Kier molecular flexibility index (Phi) is 4.50. The average molecular weight is 187 g/mol. The standard InChI is InChI=1S/C7H12N2.HNO3/c1-4-9-5-6(2)8-7(9)3;2-1(3)4/h5H,4H2,1-3H3;(H,2,3,4). The van der Waals surface area contributed by atoms with Crippen molar-refractivity contribution in [1.29, 1.82) is 0 Å². The van der Waals surface area contributed by atoms with Crippen molar-refractivity contribution in [3.63, 3.8) is 0 Å². The van der Waals surface area contributed by atoms with Crippen LogP contribution >= 0.6 is 0 Å². The van der Waals surface area contributed by atoms with Crippen molar-refractivity contribution < 1.29 is 10.3 Å². The van der Waals surface area contributed by atoms with Crippen molar-refractivity contribution in [3.05, 3.63) is 27.8 Å². The number of aryl methyl sites for hydroxylation is 3. The number of nitrogens with zero attached hydrogens (tertiary/aromatic N) is 3. The molecule has 0 bridgehead atoms. The SMILES string of the molecule is CCn1cc(C)nc1C.O=[N+]([O-])O. The maximum atomic E-state index is 8.36. The Balaban J connectivity index is 0.000000310. The molecule has 1 rings (SSSR count). The van der Waals surface area contributed by atoms with Crippen LogP contribution in [-0.4, -0.2) is 19.8 Å². The summed E-state index contributed by atoms with van der Waals surface area (Å²) in [5.74, 6) is 1.11. The molecule has 13 heavy (non-hydrogen) atoms. The summed E-state index contributed by atoms with van der Waals surface area (Å²) in [6, 6.07) is 0. The molecule has 0 saturated carbocycles. The Labute approximate surface area is 75.9 Å². The van der Waals surface area contributed by atoms with Gasteiger partial charge in [0.05, 0.1) is 5.69 Å².